The molecule has 9 nitrogen and oxygen atoms in total. The highest BCUT2D eigenvalue weighted by atomic mass is 16.7. The monoisotopic (exact) mass is 541 g/mol. The van der Waals surface area contributed by atoms with Crippen LogP contribution in [0, 0.1) is 0 Å². The molecular weight excluding hydrogens is 502 g/mol. The Morgan fingerprint density at radius 2 is 1.87 bits per heavy atom. The molecular formula is C30H39NO8. The molecule has 1 aromatic rings. The summed E-state index contributed by atoms with van der Waals surface area (Å²) in [4.78, 5) is 29.4. The van der Waals surface area contributed by atoms with E-state index in [9.17, 15) is 9.59 Å². The highest BCUT2D eigenvalue weighted by Gasteiger charge is 2.60. The van der Waals surface area contributed by atoms with E-state index in [4.69, 9.17) is 28.4 Å². The molecule has 0 radical (unpaired) electrons. The Labute approximate surface area is 229 Å². The fourth-order valence-corrected chi connectivity index (χ4v) is 7.53. The summed E-state index contributed by atoms with van der Waals surface area (Å²) in [5.74, 6) is 0.899. The van der Waals surface area contributed by atoms with E-state index < -0.39 is 29.2 Å². The third-order valence-corrected chi connectivity index (χ3v) is 9.14. The molecule has 0 N–H and O–H groups in total. The average molecular weight is 542 g/mol. The van der Waals surface area contributed by atoms with Gasteiger partial charge in [-0.25, -0.2) is 4.79 Å². The largest absolute Gasteiger partial charge is 0.497 e. The number of methoxy groups -OCH3 is 1. The minimum atomic E-state index is -1.42. The minimum absolute atomic E-state index is 0.181. The minimum Gasteiger partial charge on any atom is -0.497 e. The van der Waals surface area contributed by atoms with Crippen LogP contribution in [0.15, 0.2) is 24.0 Å². The third-order valence-electron chi connectivity index (χ3n) is 9.14. The zero-order valence-corrected chi connectivity index (χ0v) is 23.4. The Balaban J connectivity index is 1.40. The smallest absolute Gasteiger partial charge is 0.339 e. The van der Waals surface area contributed by atoms with Gasteiger partial charge in [-0.2, -0.15) is 0 Å². The standard InChI is InChI=1S/C30H39NO8/c1-5-35-24(32)17-30(11-6-9-28(2,3)39-30)27(33)38-26-23(34-4)16-29-10-7-12-31(29)13-8-19-14-21-22(37-18-36-21)15-20(19)25(26)29/h14-16,25-26H,5-13,17-18H2,1-4H3/t25-,26?,29?,30+/m1/s1. The second-order valence-electron chi connectivity index (χ2n) is 12.0. The summed E-state index contributed by atoms with van der Waals surface area (Å²) in [6.07, 6.45) is 6.09. The molecule has 0 aromatic heterocycles. The molecule has 2 unspecified atom stereocenters. The lowest BCUT2D eigenvalue weighted by Crippen LogP contribution is -2.54. The predicted molar refractivity (Wildman–Crippen MR) is 141 cm³/mol. The van der Waals surface area contributed by atoms with Crippen LogP contribution in [-0.2, 0) is 35.0 Å². The number of nitrogens with zero attached hydrogens (tertiary/aromatic N) is 1. The number of carbonyl (C=O) groups excluding carboxylic acids is 2. The molecule has 0 bridgehead atoms. The summed E-state index contributed by atoms with van der Waals surface area (Å²) >= 11 is 0. The lowest BCUT2D eigenvalue weighted by atomic mass is 9.77. The van der Waals surface area contributed by atoms with Crippen LogP contribution >= 0.6 is 0 Å². The van der Waals surface area contributed by atoms with E-state index in [2.05, 4.69) is 23.1 Å². The summed E-state index contributed by atoms with van der Waals surface area (Å²) < 4.78 is 35.5. The van der Waals surface area contributed by atoms with E-state index in [1.807, 2.05) is 13.8 Å². The molecule has 6 rings (SSSR count). The summed E-state index contributed by atoms with van der Waals surface area (Å²) in [5, 5.41) is 0. The van der Waals surface area contributed by atoms with Crippen molar-refractivity contribution in [2.75, 3.05) is 33.6 Å². The number of esters is 2. The topological polar surface area (TPSA) is 92.8 Å². The van der Waals surface area contributed by atoms with Gasteiger partial charge in [-0.1, -0.05) is 0 Å². The van der Waals surface area contributed by atoms with E-state index in [1.54, 1.807) is 14.0 Å². The lowest BCUT2D eigenvalue weighted by molar-refractivity contribution is -0.216. The van der Waals surface area contributed by atoms with Crippen molar-refractivity contribution in [3.63, 3.8) is 0 Å². The maximum absolute atomic E-state index is 14.2. The van der Waals surface area contributed by atoms with Crippen molar-refractivity contribution in [2.24, 2.45) is 0 Å². The molecule has 1 aromatic carbocycles. The molecule has 4 aliphatic heterocycles. The number of ether oxygens (including phenoxy) is 6. The second kappa shape index (κ2) is 9.70. The number of hydrogen-bond donors (Lipinski definition) is 0. The molecule has 0 amide bonds. The Kier molecular flexibility index (Phi) is 6.57. The van der Waals surface area contributed by atoms with Gasteiger partial charge in [-0.15, -0.1) is 0 Å². The first-order chi connectivity index (χ1) is 18.7. The van der Waals surface area contributed by atoms with Gasteiger partial charge in [0.25, 0.3) is 0 Å². The second-order valence-corrected chi connectivity index (χ2v) is 12.0. The lowest BCUT2D eigenvalue weighted by Gasteiger charge is -2.44. The van der Waals surface area contributed by atoms with E-state index >= 15 is 0 Å². The highest BCUT2D eigenvalue weighted by molar-refractivity contribution is 5.86. The van der Waals surface area contributed by atoms with Crippen LogP contribution in [0.3, 0.4) is 0 Å². The van der Waals surface area contributed by atoms with Crippen LogP contribution in [0.25, 0.3) is 0 Å². The zero-order valence-electron chi connectivity index (χ0n) is 23.4. The van der Waals surface area contributed by atoms with Crippen molar-refractivity contribution >= 4 is 11.9 Å². The van der Waals surface area contributed by atoms with Crippen LogP contribution in [0.2, 0.25) is 0 Å². The molecule has 9 heteroatoms. The van der Waals surface area contributed by atoms with Crippen molar-refractivity contribution in [3.8, 4) is 11.5 Å². The molecule has 39 heavy (non-hydrogen) atoms. The molecule has 5 aliphatic rings. The van der Waals surface area contributed by atoms with Crippen molar-refractivity contribution < 1.29 is 38.0 Å². The Morgan fingerprint density at radius 1 is 1.08 bits per heavy atom. The van der Waals surface area contributed by atoms with Gasteiger partial charge < -0.3 is 28.4 Å². The van der Waals surface area contributed by atoms with Gasteiger partial charge in [-0.3, -0.25) is 9.69 Å². The van der Waals surface area contributed by atoms with Crippen LogP contribution < -0.4 is 9.47 Å². The summed E-state index contributed by atoms with van der Waals surface area (Å²) in [7, 11) is 1.63. The first kappa shape index (κ1) is 26.4. The average Bonchev–Trinajstić information content (AvgIpc) is 3.57. The number of hydrogen-bond acceptors (Lipinski definition) is 9. The van der Waals surface area contributed by atoms with E-state index in [1.165, 1.54) is 5.56 Å². The van der Waals surface area contributed by atoms with E-state index in [0.717, 1.165) is 56.5 Å². The number of carbonyl (C=O) groups is 2. The predicted octanol–water partition coefficient (Wildman–Crippen LogP) is 4.02. The van der Waals surface area contributed by atoms with Gasteiger partial charge in [0.1, 0.15) is 5.76 Å². The molecule has 2 saturated heterocycles. The fraction of sp³-hybridized carbons (Fsp3) is 0.667. The zero-order chi connectivity index (χ0) is 27.4. The molecule has 4 heterocycles. The van der Waals surface area contributed by atoms with Crippen LogP contribution in [0.4, 0.5) is 0 Å². The fourth-order valence-electron chi connectivity index (χ4n) is 7.53. The van der Waals surface area contributed by atoms with Crippen molar-refractivity contribution in [2.45, 2.75) is 94.5 Å². The molecule has 1 aliphatic carbocycles. The maximum Gasteiger partial charge on any atom is 0.339 e. The maximum atomic E-state index is 14.2. The normalized spacial score (nSPS) is 32.4. The van der Waals surface area contributed by atoms with E-state index in [0.29, 0.717) is 17.9 Å². The Morgan fingerprint density at radius 3 is 2.62 bits per heavy atom. The molecule has 4 atom stereocenters. The third kappa shape index (κ3) is 4.38. The van der Waals surface area contributed by atoms with Crippen molar-refractivity contribution in [3.05, 3.63) is 35.1 Å². The summed E-state index contributed by atoms with van der Waals surface area (Å²) in [5.41, 5.74) is -0.0676. The molecule has 212 valence electrons. The summed E-state index contributed by atoms with van der Waals surface area (Å²) in [6.45, 7) is 7.95. The SMILES string of the molecule is CCOC(=O)C[C@]1(C(=O)OC2C(OC)=CC34CCCN3CCc3cc5c(cc3[C@H]24)OCO5)CCCC(C)(C)O1. The van der Waals surface area contributed by atoms with E-state index in [-0.39, 0.29) is 31.3 Å². The van der Waals surface area contributed by atoms with Gasteiger partial charge in [0.05, 0.1) is 37.2 Å². The van der Waals surface area contributed by atoms with Gasteiger partial charge in [0.2, 0.25) is 6.79 Å². The van der Waals surface area contributed by atoms with Gasteiger partial charge in [0.15, 0.2) is 23.2 Å². The quantitative estimate of drug-likeness (QED) is 0.495. The molecule has 1 spiro atoms. The van der Waals surface area contributed by atoms with Crippen molar-refractivity contribution in [1.29, 1.82) is 0 Å². The van der Waals surface area contributed by atoms with Crippen LogP contribution in [0.1, 0.15) is 76.3 Å². The molecule has 2 fully saturated rings. The molecule has 0 saturated carbocycles. The van der Waals surface area contributed by atoms with Crippen molar-refractivity contribution in [1.82, 2.24) is 4.90 Å². The number of benzene rings is 1. The first-order valence-electron chi connectivity index (χ1n) is 14.2. The van der Waals surface area contributed by atoms with Gasteiger partial charge in [-0.05, 0) is 95.2 Å². The highest BCUT2D eigenvalue weighted by Crippen LogP contribution is 2.56. The number of rotatable bonds is 6. The number of fused-ring (bicyclic) bond motifs is 3. The van der Waals surface area contributed by atoms with Crippen LogP contribution in [-0.4, -0.2) is 73.3 Å². The van der Waals surface area contributed by atoms with Gasteiger partial charge >= 0.3 is 11.9 Å². The summed E-state index contributed by atoms with van der Waals surface area (Å²) in [6, 6.07) is 4.14. The van der Waals surface area contributed by atoms with Gasteiger partial charge in [0, 0.05) is 6.54 Å². The Bertz CT molecular complexity index is 1190. The van der Waals surface area contributed by atoms with Crippen LogP contribution in [0.5, 0.6) is 11.5 Å². The Hall–Kier alpha value is -2.78. The first-order valence-corrected chi connectivity index (χ1v) is 14.2.